The minimum absolute atomic E-state index is 0.0484. The molecule has 1 saturated carbocycles. The number of aromatic nitrogens is 2. The van der Waals surface area contributed by atoms with Crippen LogP contribution in [0, 0.1) is 5.92 Å². The number of carbonyl (C=O) groups excluding carboxylic acids is 1. The fourth-order valence-electron chi connectivity index (χ4n) is 6.19. The molecule has 0 radical (unpaired) electrons. The summed E-state index contributed by atoms with van der Waals surface area (Å²) >= 11 is 0. The number of nitrogens with zero attached hydrogens (tertiary/aromatic N) is 4. The second-order valence-electron chi connectivity index (χ2n) is 10.9. The zero-order valence-electron chi connectivity index (χ0n) is 21.7. The van der Waals surface area contributed by atoms with Gasteiger partial charge >= 0.3 is 6.61 Å². The van der Waals surface area contributed by atoms with Crippen LogP contribution in [0.25, 0.3) is 0 Å². The number of anilines is 1. The van der Waals surface area contributed by atoms with Crippen LogP contribution >= 0.6 is 0 Å². The van der Waals surface area contributed by atoms with E-state index in [2.05, 4.69) is 58.2 Å². The summed E-state index contributed by atoms with van der Waals surface area (Å²) in [5.41, 5.74) is 3.20. The van der Waals surface area contributed by atoms with Gasteiger partial charge in [-0.05, 0) is 70.2 Å². The van der Waals surface area contributed by atoms with Crippen molar-refractivity contribution in [3.8, 4) is 0 Å². The van der Waals surface area contributed by atoms with E-state index in [1.54, 1.807) is 0 Å². The van der Waals surface area contributed by atoms with Crippen molar-refractivity contribution in [2.75, 3.05) is 25.5 Å². The number of likely N-dealkylation sites (N-methyl/N-ethyl adjacent to an activating group) is 1. The van der Waals surface area contributed by atoms with Crippen LogP contribution in [0.4, 0.5) is 14.7 Å². The number of amides is 1. The van der Waals surface area contributed by atoms with E-state index in [0.717, 1.165) is 50.0 Å². The number of hydrogen-bond acceptors (Lipinski definition) is 6. The topological polar surface area (TPSA) is 70.6 Å². The van der Waals surface area contributed by atoms with E-state index in [1.165, 1.54) is 5.56 Å². The predicted molar refractivity (Wildman–Crippen MR) is 137 cm³/mol. The van der Waals surface area contributed by atoms with Crippen molar-refractivity contribution in [3.63, 3.8) is 0 Å². The van der Waals surface area contributed by atoms with Crippen molar-refractivity contribution in [2.45, 2.75) is 82.7 Å². The Labute approximate surface area is 217 Å². The highest BCUT2D eigenvalue weighted by Gasteiger charge is 2.39. The Hall–Kier alpha value is -2.65. The van der Waals surface area contributed by atoms with Gasteiger partial charge in [0.15, 0.2) is 0 Å². The van der Waals surface area contributed by atoms with Gasteiger partial charge < -0.3 is 19.9 Å². The number of nitrogens with one attached hydrogen (secondary N) is 1. The second kappa shape index (κ2) is 11.4. The summed E-state index contributed by atoms with van der Waals surface area (Å²) in [6, 6.07) is 10.6. The molecule has 0 spiro atoms. The molecule has 2 aliphatic heterocycles. The van der Waals surface area contributed by atoms with E-state index < -0.39 is 6.61 Å². The minimum atomic E-state index is -2.72. The Balaban J connectivity index is 1.26. The smallest absolute Gasteiger partial charge is 0.345 e. The van der Waals surface area contributed by atoms with Gasteiger partial charge in [0.1, 0.15) is 0 Å². The average molecular weight is 514 g/mol. The van der Waals surface area contributed by atoms with E-state index in [-0.39, 0.29) is 35.9 Å². The molecule has 1 aromatic carbocycles. The lowest BCUT2D eigenvalue weighted by Crippen LogP contribution is -2.50. The van der Waals surface area contributed by atoms with Crippen LogP contribution in [-0.2, 0) is 22.5 Å². The summed E-state index contributed by atoms with van der Waals surface area (Å²) in [6.45, 7) is 1.66. The number of alkyl halides is 2. The Kier molecular flexibility index (Phi) is 8.00. The highest BCUT2D eigenvalue weighted by molar-refractivity contribution is 5.80. The third kappa shape index (κ3) is 6.09. The molecule has 9 heteroatoms. The standard InChI is InChI=1S/C28H37F2N5O2/c1-18-14-20-15-31-28(32-21-8-10-22(11-9-21)37-27(29)30)33-25(20)17-35(18)26(36)23-12-13-34(2)16-24(23)19-6-4-3-5-7-19/h3-7,15,18,21-24,27H,8-14,16-17H2,1-2H3,(H,31,32,33)/t18-,21?,22?,23+,24-/m1/s1. The molecule has 2 aromatic rings. The van der Waals surface area contributed by atoms with Crippen molar-refractivity contribution in [3.05, 3.63) is 53.3 Å². The number of hydrogen-bond donors (Lipinski definition) is 1. The molecule has 3 aliphatic rings. The van der Waals surface area contributed by atoms with E-state index in [1.807, 2.05) is 17.2 Å². The Morgan fingerprint density at radius 1 is 1.14 bits per heavy atom. The van der Waals surface area contributed by atoms with Gasteiger partial charge in [0.05, 0.1) is 18.3 Å². The monoisotopic (exact) mass is 513 g/mol. The van der Waals surface area contributed by atoms with Gasteiger partial charge in [-0.25, -0.2) is 9.97 Å². The number of piperidine rings is 1. The van der Waals surface area contributed by atoms with Crippen molar-refractivity contribution in [2.24, 2.45) is 5.92 Å². The summed E-state index contributed by atoms with van der Waals surface area (Å²) < 4.78 is 29.7. The molecule has 1 saturated heterocycles. The lowest BCUT2D eigenvalue weighted by atomic mass is 9.79. The normalized spacial score (nSPS) is 28.7. The van der Waals surface area contributed by atoms with Crippen molar-refractivity contribution >= 4 is 11.9 Å². The molecule has 0 bridgehead atoms. The first-order valence-electron chi connectivity index (χ1n) is 13.5. The van der Waals surface area contributed by atoms with E-state index >= 15 is 0 Å². The molecule has 1 aromatic heterocycles. The number of halogens is 2. The Bertz CT molecular complexity index is 1060. The van der Waals surface area contributed by atoms with Crippen molar-refractivity contribution in [1.29, 1.82) is 0 Å². The summed E-state index contributed by atoms with van der Waals surface area (Å²) in [5, 5.41) is 3.38. The Morgan fingerprint density at radius 2 is 1.89 bits per heavy atom. The van der Waals surface area contributed by atoms with Gasteiger partial charge in [-0.1, -0.05) is 30.3 Å². The number of fused-ring (bicyclic) bond motifs is 1. The van der Waals surface area contributed by atoms with Crippen LogP contribution in [0.2, 0.25) is 0 Å². The van der Waals surface area contributed by atoms with Gasteiger partial charge in [0.2, 0.25) is 11.9 Å². The second-order valence-corrected chi connectivity index (χ2v) is 10.9. The largest absolute Gasteiger partial charge is 0.351 e. The fraction of sp³-hybridized carbons (Fsp3) is 0.607. The van der Waals surface area contributed by atoms with Crippen LogP contribution in [0.3, 0.4) is 0 Å². The highest BCUT2D eigenvalue weighted by Crippen LogP contribution is 2.35. The van der Waals surface area contributed by atoms with Gasteiger partial charge in [0.25, 0.3) is 0 Å². The number of ether oxygens (including phenoxy) is 1. The third-order valence-electron chi connectivity index (χ3n) is 8.27. The summed E-state index contributed by atoms with van der Waals surface area (Å²) in [5.74, 6) is 0.881. The molecular weight excluding hydrogens is 476 g/mol. The van der Waals surface area contributed by atoms with Crippen LogP contribution in [0.15, 0.2) is 36.5 Å². The summed E-state index contributed by atoms with van der Waals surface area (Å²) in [7, 11) is 2.13. The first kappa shape index (κ1) is 26.0. The average Bonchev–Trinajstić information content (AvgIpc) is 2.89. The van der Waals surface area contributed by atoms with Crippen LogP contribution in [-0.4, -0.2) is 70.6 Å². The van der Waals surface area contributed by atoms with Crippen molar-refractivity contribution < 1.29 is 18.3 Å². The fourth-order valence-corrected chi connectivity index (χ4v) is 6.19. The zero-order valence-corrected chi connectivity index (χ0v) is 21.7. The quantitative estimate of drug-likeness (QED) is 0.616. The van der Waals surface area contributed by atoms with Gasteiger partial charge in [-0.3, -0.25) is 4.79 Å². The number of carbonyl (C=O) groups is 1. The zero-order chi connectivity index (χ0) is 25.9. The van der Waals surface area contributed by atoms with Crippen molar-refractivity contribution in [1.82, 2.24) is 19.8 Å². The summed E-state index contributed by atoms with van der Waals surface area (Å²) in [4.78, 5) is 27.6. The van der Waals surface area contributed by atoms with Gasteiger partial charge in [-0.2, -0.15) is 8.78 Å². The van der Waals surface area contributed by atoms with Gasteiger partial charge in [-0.15, -0.1) is 0 Å². The SMILES string of the molecule is C[C@@H]1Cc2cnc(NC3CCC(OC(F)F)CC3)nc2CN1C(=O)[C@H]1CCN(C)C[C@@H]1c1ccccc1. The molecule has 3 heterocycles. The first-order chi connectivity index (χ1) is 17.9. The molecule has 37 heavy (non-hydrogen) atoms. The molecule has 1 amide bonds. The predicted octanol–water partition coefficient (Wildman–Crippen LogP) is 4.45. The molecule has 200 valence electrons. The molecule has 1 N–H and O–H groups in total. The molecule has 2 fully saturated rings. The molecule has 5 rings (SSSR count). The minimum Gasteiger partial charge on any atom is -0.351 e. The molecular formula is C28H37F2N5O2. The molecule has 1 aliphatic carbocycles. The van der Waals surface area contributed by atoms with E-state index in [4.69, 9.17) is 4.98 Å². The molecule has 3 atom stereocenters. The Morgan fingerprint density at radius 3 is 2.62 bits per heavy atom. The highest BCUT2D eigenvalue weighted by atomic mass is 19.3. The van der Waals surface area contributed by atoms with Gasteiger partial charge in [0, 0.05) is 36.7 Å². The van der Waals surface area contributed by atoms with Crippen LogP contribution in [0.5, 0.6) is 0 Å². The van der Waals surface area contributed by atoms with Crippen LogP contribution < -0.4 is 5.32 Å². The number of benzene rings is 1. The first-order valence-corrected chi connectivity index (χ1v) is 13.5. The third-order valence-corrected chi connectivity index (χ3v) is 8.27. The lowest BCUT2D eigenvalue weighted by molar-refractivity contribution is -0.169. The van der Waals surface area contributed by atoms with Crippen LogP contribution in [0.1, 0.15) is 61.8 Å². The summed E-state index contributed by atoms with van der Waals surface area (Å²) in [6.07, 6.45) is 5.71. The maximum Gasteiger partial charge on any atom is 0.345 e. The lowest BCUT2D eigenvalue weighted by Gasteiger charge is -2.42. The van der Waals surface area contributed by atoms with E-state index in [9.17, 15) is 13.6 Å². The molecule has 7 nitrogen and oxygen atoms in total. The maximum atomic E-state index is 14.0. The van der Waals surface area contributed by atoms with E-state index in [0.29, 0.717) is 25.3 Å². The maximum absolute atomic E-state index is 14.0. The molecule has 0 unspecified atom stereocenters. The number of likely N-dealkylation sites (tertiary alicyclic amines) is 1. The number of rotatable bonds is 6.